The SMILES string of the molecule is O=C(C1CCCC1)N1CCN(c2cnc(-c3ccc(C(F)(F)F)cc3)c(-c3ccncc3CI)n2)CC1. The van der Waals surface area contributed by atoms with Crippen LogP contribution in [0.4, 0.5) is 19.0 Å². The average Bonchev–Trinajstić information content (AvgIpc) is 3.47. The van der Waals surface area contributed by atoms with Crippen molar-refractivity contribution in [2.24, 2.45) is 5.92 Å². The molecule has 5 rings (SSSR count). The molecular weight excluding hydrogens is 594 g/mol. The Morgan fingerprint density at radius 1 is 0.973 bits per heavy atom. The highest BCUT2D eigenvalue weighted by Crippen LogP contribution is 2.36. The Bertz CT molecular complexity index is 1250. The van der Waals surface area contributed by atoms with E-state index < -0.39 is 11.7 Å². The number of rotatable bonds is 5. The summed E-state index contributed by atoms with van der Waals surface area (Å²) in [6.07, 6.45) is 4.98. The number of carbonyl (C=O) groups is 1. The molecule has 1 saturated heterocycles. The lowest BCUT2D eigenvalue weighted by atomic mass is 10.0. The van der Waals surface area contributed by atoms with Crippen molar-refractivity contribution in [2.45, 2.75) is 36.3 Å². The fraction of sp³-hybridized carbons (Fsp3) is 0.407. The molecule has 1 aliphatic heterocycles. The molecule has 0 radical (unpaired) electrons. The van der Waals surface area contributed by atoms with Crippen molar-refractivity contribution in [3.8, 4) is 22.5 Å². The van der Waals surface area contributed by atoms with Crippen molar-refractivity contribution < 1.29 is 18.0 Å². The van der Waals surface area contributed by atoms with E-state index >= 15 is 0 Å². The van der Waals surface area contributed by atoms with Crippen LogP contribution in [0.5, 0.6) is 0 Å². The molecule has 2 aliphatic rings. The number of halogens is 4. The number of benzene rings is 1. The van der Waals surface area contributed by atoms with Crippen LogP contribution in [0.2, 0.25) is 0 Å². The standard InChI is InChI=1S/C27H27F3IN5O/c28-27(29,30)21-7-5-18(6-8-21)24-25(22-9-10-32-16-20(22)15-31)34-23(17-33-24)35-11-13-36(14-12-35)26(37)19-3-1-2-4-19/h5-10,16-17,19H,1-4,11-15H2. The first kappa shape index (κ1) is 25.9. The van der Waals surface area contributed by atoms with E-state index in [9.17, 15) is 18.0 Å². The number of piperazine rings is 1. The molecule has 0 bridgehead atoms. The number of hydrogen-bond acceptors (Lipinski definition) is 5. The van der Waals surface area contributed by atoms with Gasteiger partial charge in [0.15, 0.2) is 0 Å². The van der Waals surface area contributed by atoms with Crippen LogP contribution < -0.4 is 4.90 Å². The van der Waals surface area contributed by atoms with E-state index in [1.165, 1.54) is 12.1 Å². The van der Waals surface area contributed by atoms with E-state index in [-0.39, 0.29) is 11.8 Å². The first-order valence-electron chi connectivity index (χ1n) is 12.4. The van der Waals surface area contributed by atoms with Crippen LogP contribution in [-0.2, 0) is 15.4 Å². The van der Waals surface area contributed by atoms with E-state index in [1.807, 2.05) is 11.0 Å². The third kappa shape index (κ3) is 5.58. The lowest BCUT2D eigenvalue weighted by Gasteiger charge is -2.36. The molecule has 0 spiro atoms. The number of alkyl halides is 4. The van der Waals surface area contributed by atoms with Crippen molar-refractivity contribution in [3.05, 3.63) is 60.0 Å². The number of anilines is 1. The van der Waals surface area contributed by atoms with Crippen LogP contribution >= 0.6 is 22.6 Å². The molecule has 1 amide bonds. The Kier molecular flexibility index (Phi) is 7.64. The fourth-order valence-corrected chi connectivity index (χ4v) is 5.71. The zero-order valence-electron chi connectivity index (χ0n) is 20.2. The third-order valence-electron chi connectivity index (χ3n) is 7.17. The summed E-state index contributed by atoms with van der Waals surface area (Å²) < 4.78 is 40.1. The summed E-state index contributed by atoms with van der Waals surface area (Å²) in [7, 11) is 0. The number of amides is 1. The van der Waals surface area contributed by atoms with E-state index in [4.69, 9.17) is 9.97 Å². The number of carbonyl (C=O) groups excluding carboxylic acids is 1. The molecule has 1 saturated carbocycles. The Labute approximate surface area is 227 Å². The predicted molar refractivity (Wildman–Crippen MR) is 144 cm³/mol. The van der Waals surface area contributed by atoms with Crippen LogP contribution in [0.15, 0.2) is 48.9 Å². The van der Waals surface area contributed by atoms with Crippen molar-refractivity contribution in [2.75, 3.05) is 31.1 Å². The highest BCUT2D eigenvalue weighted by Gasteiger charge is 2.31. The topological polar surface area (TPSA) is 62.2 Å². The minimum absolute atomic E-state index is 0.166. The molecule has 0 unspecified atom stereocenters. The van der Waals surface area contributed by atoms with Gasteiger partial charge in [-0.15, -0.1) is 0 Å². The Hall–Kier alpha value is -2.76. The smallest absolute Gasteiger partial charge is 0.352 e. The molecule has 1 aliphatic carbocycles. The van der Waals surface area contributed by atoms with Gasteiger partial charge in [-0.1, -0.05) is 47.6 Å². The van der Waals surface area contributed by atoms with Gasteiger partial charge in [0.2, 0.25) is 5.91 Å². The molecule has 1 aromatic carbocycles. The maximum absolute atomic E-state index is 13.1. The molecular formula is C27H27F3IN5O. The van der Waals surface area contributed by atoms with Crippen molar-refractivity contribution in [3.63, 3.8) is 0 Å². The number of nitrogens with zero attached hydrogens (tertiary/aromatic N) is 5. The molecule has 194 valence electrons. The maximum atomic E-state index is 13.1. The Morgan fingerprint density at radius 2 is 1.68 bits per heavy atom. The number of hydrogen-bond donors (Lipinski definition) is 0. The van der Waals surface area contributed by atoms with E-state index in [1.54, 1.807) is 18.6 Å². The highest BCUT2D eigenvalue weighted by molar-refractivity contribution is 14.1. The van der Waals surface area contributed by atoms with E-state index in [2.05, 4.69) is 32.5 Å². The molecule has 0 N–H and O–H groups in total. The summed E-state index contributed by atoms with van der Waals surface area (Å²) in [6, 6.07) is 6.89. The lowest BCUT2D eigenvalue weighted by Crippen LogP contribution is -2.50. The molecule has 0 atom stereocenters. The zero-order valence-corrected chi connectivity index (χ0v) is 22.4. The molecule has 3 heterocycles. The Morgan fingerprint density at radius 3 is 2.32 bits per heavy atom. The fourth-order valence-electron chi connectivity index (χ4n) is 5.10. The quantitative estimate of drug-likeness (QED) is 0.259. The number of pyridine rings is 1. The summed E-state index contributed by atoms with van der Waals surface area (Å²) in [5.74, 6) is 1.12. The summed E-state index contributed by atoms with van der Waals surface area (Å²) in [5.41, 5.74) is 2.80. The minimum Gasteiger partial charge on any atom is -0.352 e. The number of aromatic nitrogens is 3. The van der Waals surface area contributed by atoms with Gasteiger partial charge in [-0.05, 0) is 36.6 Å². The van der Waals surface area contributed by atoms with Gasteiger partial charge in [-0.25, -0.2) is 4.98 Å². The largest absolute Gasteiger partial charge is 0.416 e. The first-order valence-corrected chi connectivity index (χ1v) is 14.0. The molecule has 2 fully saturated rings. The second kappa shape index (κ2) is 10.9. The van der Waals surface area contributed by atoms with Crippen molar-refractivity contribution in [1.82, 2.24) is 19.9 Å². The summed E-state index contributed by atoms with van der Waals surface area (Å²) >= 11 is 2.26. The maximum Gasteiger partial charge on any atom is 0.416 e. The molecule has 3 aromatic rings. The normalized spacial score (nSPS) is 16.9. The van der Waals surface area contributed by atoms with Crippen LogP contribution in [0, 0.1) is 5.92 Å². The third-order valence-corrected chi connectivity index (χ3v) is 7.99. The molecule has 6 nitrogen and oxygen atoms in total. The molecule has 10 heteroatoms. The molecule has 37 heavy (non-hydrogen) atoms. The van der Waals surface area contributed by atoms with Crippen molar-refractivity contribution in [1.29, 1.82) is 0 Å². The van der Waals surface area contributed by atoms with Gasteiger partial charge < -0.3 is 9.80 Å². The highest BCUT2D eigenvalue weighted by atomic mass is 127. The zero-order chi connectivity index (χ0) is 26.0. The second-order valence-corrected chi connectivity index (χ2v) is 10.2. The van der Waals surface area contributed by atoms with Gasteiger partial charge in [0.05, 0.1) is 23.1 Å². The molecule has 2 aromatic heterocycles. The first-order chi connectivity index (χ1) is 17.8. The van der Waals surface area contributed by atoms with Gasteiger partial charge in [-0.3, -0.25) is 14.8 Å². The monoisotopic (exact) mass is 621 g/mol. The van der Waals surface area contributed by atoms with Gasteiger partial charge in [-0.2, -0.15) is 13.2 Å². The predicted octanol–water partition coefficient (Wildman–Crippen LogP) is 6.00. The van der Waals surface area contributed by atoms with E-state index in [0.29, 0.717) is 53.4 Å². The van der Waals surface area contributed by atoms with Crippen LogP contribution in [0.1, 0.15) is 36.8 Å². The lowest BCUT2D eigenvalue weighted by molar-refractivity contribution is -0.137. The van der Waals surface area contributed by atoms with Crippen molar-refractivity contribution >= 4 is 34.3 Å². The van der Waals surface area contributed by atoms with Crippen LogP contribution in [-0.4, -0.2) is 51.9 Å². The van der Waals surface area contributed by atoms with Gasteiger partial charge in [0.1, 0.15) is 5.82 Å². The second-order valence-electron chi connectivity index (χ2n) is 9.46. The minimum atomic E-state index is -4.41. The summed E-state index contributed by atoms with van der Waals surface area (Å²) in [5, 5.41) is 0. The van der Waals surface area contributed by atoms with Gasteiger partial charge >= 0.3 is 6.18 Å². The van der Waals surface area contributed by atoms with Crippen LogP contribution in [0.25, 0.3) is 22.5 Å². The van der Waals surface area contributed by atoms with E-state index in [0.717, 1.165) is 48.9 Å². The van der Waals surface area contributed by atoms with Gasteiger partial charge in [0, 0.05) is 60.0 Å². The van der Waals surface area contributed by atoms with Crippen LogP contribution in [0.3, 0.4) is 0 Å². The summed E-state index contributed by atoms with van der Waals surface area (Å²) in [4.78, 5) is 30.8. The average molecular weight is 621 g/mol. The summed E-state index contributed by atoms with van der Waals surface area (Å²) in [6.45, 7) is 2.59. The van der Waals surface area contributed by atoms with Gasteiger partial charge in [0.25, 0.3) is 0 Å². The Balaban J connectivity index is 1.45.